The van der Waals surface area contributed by atoms with Crippen LogP contribution in [0.3, 0.4) is 0 Å². The van der Waals surface area contributed by atoms with Crippen LogP contribution < -0.4 is 0 Å². The van der Waals surface area contributed by atoms with E-state index in [1.807, 2.05) is 0 Å². The Hall–Kier alpha value is 0.110. The average molecular weight is 154 g/mol. The van der Waals surface area contributed by atoms with E-state index in [4.69, 9.17) is 5.11 Å². The second-order valence-corrected chi connectivity index (χ2v) is 4.09. The Bertz CT molecular complexity index is 114. The van der Waals surface area contributed by atoms with Gasteiger partial charge in [-0.2, -0.15) is 0 Å². The van der Waals surface area contributed by atoms with Crippen LogP contribution in [0.25, 0.3) is 0 Å². The van der Waals surface area contributed by atoms with E-state index in [1.54, 1.807) is 0 Å². The zero-order valence-electron chi connectivity index (χ0n) is 5.70. The van der Waals surface area contributed by atoms with Gasteiger partial charge in [-0.25, -0.2) is 0 Å². The van der Waals surface area contributed by atoms with Crippen LogP contribution in [-0.2, 0) is 13.6 Å². The molecule has 4 nitrogen and oxygen atoms in total. The van der Waals surface area contributed by atoms with Crippen molar-refractivity contribution in [1.29, 1.82) is 0 Å². The van der Waals surface area contributed by atoms with Crippen molar-refractivity contribution in [1.82, 2.24) is 0 Å². The van der Waals surface area contributed by atoms with E-state index in [2.05, 4.69) is 9.05 Å². The zero-order chi connectivity index (χ0) is 7.49. The molecule has 0 saturated carbocycles. The molecule has 0 aromatic rings. The lowest BCUT2D eigenvalue weighted by atomic mass is 10.9. The Balaban J connectivity index is 4.11. The molecule has 0 rings (SSSR count). The Kier molecular flexibility index (Phi) is 3.36. The maximum atomic E-state index is 11.0. The maximum Gasteiger partial charge on any atom is 0.358 e. The third-order valence-electron chi connectivity index (χ3n) is 0.967. The quantitative estimate of drug-likeness (QED) is 0.611. The molecule has 1 atom stereocenters. The first-order valence-electron chi connectivity index (χ1n) is 2.46. The predicted molar refractivity (Wildman–Crippen MR) is 33.3 cm³/mol. The van der Waals surface area contributed by atoms with Crippen LogP contribution in [0, 0.1) is 0 Å². The van der Waals surface area contributed by atoms with Crippen molar-refractivity contribution < 1.29 is 18.7 Å². The second-order valence-electron chi connectivity index (χ2n) is 1.54. The molecule has 0 radical (unpaired) electrons. The first-order valence-corrected chi connectivity index (χ1v) is 4.07. The van der Waals surface area contributed by atoms with Gasteiger partial charge in [0.2, 0.25) is 0 Å². The molecule has 1 unspecified atom stereocenters. The third-order valence-corrected chi connectivity index (χ3v) is 2.90. The van der Waals surface area contributed by atoms with E-state index in [-0.39, 0.29) is 0 Å². The van der Waals surface area contributed by atoms with Gasteiger partial charge in [0.25, 0.3) is 0 Å². The summed E-state index contributed by atoms with van der Waals surface area (Å²) in [5.41, 5.74) is 0. The molecule has 0 saturated heterocycles. The molecule has 56 valence electrons. The summed E-state index contributed by atoms with van der Waals surface area (Å²) < 4.78 is 19.8. The average Bonchev–Trinajstić information content (AvgIpc) is 1.86. The van der Waals surface area contributed by atoms with Gasteiger partial charge in [0.05, 0.1) is 0 Å². The van der Waals surface area contributed by atoms with Gasteiger partial charge in [-0.15, -0.1) is 0 Å². The van der Waals surface area contributed by atoms with Crippen molar-refractivity contribution in [2.45, 2.75) is 12.8 Å². The SMILES string of the molecule is COP(=O)(OC)C(C)O. The lowest BCUT2D eigenvalue weighted by molar-refractivity contribution is 0.185. The summed E-state index contributed by atoms with van der Waals surface area (Å²) in [5, 5.41) is 8.76. The van der Waals surface area contributed by atoms with Crippen LogP contribution in [0.1, 0.15) is 6.92 Å². The fraction of sp³-hybridized carbons (Fsp3) is 1.00. The van der Waals surface area contributed by atoms with Crippen LogP contribution in [0.5, 0.6) is 0 Å². The molecule has 5 heteroatoms. The highest BCUT2D eigenvalue weighted by Gasteiger charge is 2.27. The Morgan fingerprint density at radius 3 is 1.78 bits per heavy atom. The minimum atomic E-state index is -3.20. The minimum absolute atomic E-state index is 1.06. The molecule has 0 aliphatic heterocycles. The first kappa shape index (κ1) is 9.11. The number of rotatable bonds is 3. The van der Waals surface area contributed by atoms with Crippen molar-refractivity contribution in [3.8, 4) is 0 Å². The summed E-state index contributed by atoms with van der Waals surface area (Å²) >= 11 is 0. The highest BCUT2D eigenvalue weighted by molar-refractivity contribution is 7.54. The standard InChI is InChI=1S/C4H11O4P/c1-4(5)9(6,7-2)8-3/h4-5H,1-3H3. The Labute approximate surface area is 54.3 Å². The van der Waals surface area contributed by atoms with E-state index in [0.717, 1.165) is 0 Å². The van der Waals surface area contributed by atoms with Gasteiger partial charge in [-0.05, 0) is 6.92 Å². The molecule has 0 fully saturated rings. The molecule has 1 N–H and O–H groups in total. The van der Waals surface area contributed by atoms with E-state index in [0.29, 0.717) is 0 Å². The summed E-state index contributed by atoms with van der Waals surface area (Å²) in [5.74, 6) is -1.06. The predicted octanol–water partition coefficient (Wildman–Crippen LogP) is 0.811. The van der Waals surface area contributed by atoms with Crippen molar-refractivity contribution in [3.05, 3.63) is 0 Å². The Morgan fingerprint density at radius 1 is 1.44 bits per heavy atom. The molecule has 0 amide bonds. The van der Waals surface area contributed by atoms with Gasteiger partial charge in [-0.3, -0.25) is 4.57 Å². The van der Waals surface area contributed by atoms with Crippen molar-refractivity contribution in [2.24, 2.45) is 0 Å². The molecule has 0 aromatic carbocycles. The fourth-order valence-corrected chi connectivity index (χ4v) is 1.14. The third kappa shape index (κ3) is 2.06. The number of hydrogen-bond acceptors (Lipinski definition) is 4. The molecular formula is C4H11O4P. The van der Waals surface area contributed by atoms with Crippen LogP contribution in [-0.4, -0.2) is 25.2 Å². The Morgan fingerprint density at radius 2 is 1.78 bits per heavy atom. The van der Waals surface area contributed by atoms with Gasteiger partial charge in [0.1, 0.15) is 0 Å². The van der Waals surface area contributed by atoms with Gasteiger partial charge >= 0.3 is 7.60 Å². The lowest BCUT2D eigenvalue weighted by Crippen LogP contribution is -2.04. The van der Waals surface area contributed by atoms with Crippen LogP contribution in [0.4, 0.5) is 0 Å². The molecule has 9 heavy (non-hydrogen) atoms. The summed E-state index contributed by atoms with van der Waals surface area (Å²) in [6.07, 6.45) is 0. The molecule has 0 heterocycles. The highest BCUT2D eigenvalue weighted by atomic mass is 31.2. The molecule has 0 aromatic heterocycles. The molecule has 0 aliphatic carbocycles. The summed E-state index contributed by atoms with van der Waals surface area (Å²) in [4.78, 5) is 0. The van der Waals surface area contributed by atoms with Crippen molar-refractivity contribution >= 4 is 7.60 Å². The molecule has 0 aliphatic rings. The van der Waals surface area contributed by atoms with Gasteiger partial charge in [0, 0.05) is 14.2 Å². The monoisotopic (exact) mass is 154 g/mol. The van der Waals surface area contributed by atoms with E-state index in [9.17, 15) is 4.57 Å². The highest BCUT2D eigenvalue weighted by Crippen LogP contribution is 2.49. The van der Waals surface area contributed by atoms with Crippen LogP contribution in [0.15, 0.2) is 0 Å². The van der Waals surface area contributed by atoms with Gasteiger partial charge in [0.15, 0.2) is 5.85 Å². The molecule has 0 bridgehead atoms. The number of aliphatic hydroxyl groups excluding tert-OH is 1. The zero-order valence-corrected chi connectivity index (χ0v) is 6.59. The van der Waals surface area contributed by atoms with Gasteiger partial charge in [-0.1, -0.05) is 0 Å². The minimum Gasteiger partial charge on any atom is -0.381 e. The van der Waals surface area contributed by atoms with E-state index in [1.165, 1.54) is 21.1 Å². The number of hydrogen-bond donors (Lipinski definition) is 1. The summed E-state index contributed by atoms with van der Waals surface area (Å²) in [7, 11) is -0.731. The topological polar surface area (TPSA) is 55.8 Å². The van der Waals surface area contributed by atoms with Crippen molar-refractivity contribution in [2.75, 3.05) is 14.2 Å². The fourth-order valence-electron chi connectivity index (χ4n) is 0.380. The van der Waals surface area contributed by atoms with Crippen molar-refractivity contribution in [3.63, 3.8) is 0 Å². The molecular weight excluding hydrogens is 143 g/mol. The normalized spacial score (nSPS) is 15.6. The maximum absolute atomic E-state index is 11.0. The smallest absolute Gasteiger partial charge is 0.358 e. The van der Waals surface area contributed by atoms with E-state index < -0.39 is 13.4 Å². The lowest BCUT2D eigenvalue weighted by Gasteiger charge is -2.15. The van der Waals surface area contributed by atoms with E-state index >= 15 is 0 Å². The molecule has 0 spiro atoms. The van der Waals surface area contributed by atoms with Crippen LogP contribution in [0.2, 0.25) is 0 Å². The number of aliphatic hydroxyl groups is 1. The summed E-state index contributed by atoms with van der Waals surface area (Å²) in [6, 6.07) is 0. The first-order chi connectivity index (χ1) is 4.06. The van der Waals surface area contributed by atoms with Crippen LogP contribution >= 0.6 is 7.60 Å². The summed E-state index contributed by atoms with van der Waals surface area (Å²) in [6.45, 7) is 1.35. The van der Waals surface area contributed by atoms with Gasteiger partial charge < -0.3 is 14.2 Å². The second kappa shape index (κ2) is 3.32. The largest absolute Gasteiger partial charge is 0.381 e.